The average Bonchev–Trinajstić information content (AvgIpc) is 2.32. The highest BCUT2D eigenvalue weighted by Gasteiger charge is 2.30. The molecule has 0 spiro atoms. The number of amides is 1. The molecule has 7 heteroatoms. The normalized spacial score (nSPS) is 12.7. The Kier molecular flexibility index (Phi) is 6.32. The molecular weight excluding hydrogens is 240 g/mol. The van der Waals surface area contributed by atoms with Crippen LogP contribution in [-0.2, 0) is 19.1 Å². The van der Waals surface area contributed by atoms with Crippen LogP contribution in [0.1, 0.15) is 26.7 Å². The van der Waals surface area contributed by atoms with E-state index in [1.54, 1.807) is 20.9 Å². The molecular formula is C11H20N2O5. The summed E-state index contributed by atoms with van der Waals surface area (Å²) >= 11 is 0. The van der Waals surface area contributed by atoms with Gasteiger partial charge in [0.05, 0.1) is 12.6 Å². The Balaban J connectivity index is 4.50. The van der Waals surface area contributed by atoms with E-state index >= 15 is 0 Å². The van der Waals surface area contributed by atoms with Crippen LogP contribution in [0.4, 0.5) is 0 Å². The van der Waals surface area contributed by atoms with Gasteiger partial charge in [0.2, 0.25) is 5.91 Å². The minimum Gasteiger partial charge on any atom is -0.480 e. The predicted molar refractivity (Wildman–Crippen MR) is 64.0 cm³/mol. The highest BCUT2D eigenvalue weighted by Crippen LogP contribution is 2.05. The number of rotatable bonds is 7. The second-order valence-electron chi connectivity index (χ2n) is 4.35. The maximum atomic E-state index is 11.8. The fourth-order valence-corrected chi connectivity index (χ4v) is 1.07. The van der Waals surface area contributed by atoms with Gasteiger partial charge in [-0.05, 0) is 27.3 Å². The molecule has 104 valence electrons. The molecule has 0 saturated carbocycles. The zero-order valence-corrected chi connectivity index (χ0v) is 11.1. The molecule has 0 bridgehead atoms. The van der Waals surface area contributed by atoms with Gasteiger partial charge in [0.25, 0.3) is 0 Å². The summed E-state index contributed by atoms with van der Waals surface area (Å²) in [6.07, 6.45) is -0.0682. The van der Waals surface area contributed by atoms with E-state index < -0.39 is 29.4 Å². The molecule has 0 aliphatic rings. The van der Waals surface area contributed by atoms with Crippen molar-refractivity contribution in [2.75, 3.05) is 14.2 Å². The summed E-state index contributed by atoms with van der Waals surface area (Å²) in [4.78, 5) is 33.7. The van der Waals surface area contributed by atoms with E-state index in [0.717, 1.165) is 0 Å². The quantitative estimate of drug-likeness (QED) is 0.533. The van der Waals surface area contributed by atoms with E-state index in [4.69, 9.17) is 5.11 Å². The number of hydrogen-bond donors (Lipinski definition) is 3. The highest BCUT2D eigenvalue weighted by atomic mass is 16.5. The molecule has 1 amide bonds. The average molecular weight is 260 g/mol. The first-order valence-corrected chi connectivity index (χ1v) is 5.54. The van der Waals surface area contributed by atoms with Gasteiger partial charge < -0.3 is 20.5 Å². The Bertz CT molecular complexity index is 327. The van der Waals surface area contributed by atoms with Gasteiger partial charge in [-0.15, -0.1) is 0 Å². The number of esters is 1. The van der Waals surface area contributed by atoms with Crippen molar-refractivity contribution in [2.24, 2.45) is 0 Å². The third kappa shape index (κ3) is 5.13. The van der Waals surface area contributed by atoms with Crippen molar-refractivity contribution < 1.29 is 24.2 Å². The fraction of sp³-hybridized carbons (Fsp3) is 0.727. The second kappa shape index (κ2) is 6.95. The number of carboxylic acids is 1. The van der Waals surface area contributed by atoms with Crippen molar-refractivity contribution in [3.63, 3.8) is 0 Å². The van der Waals surface area contributed by atoms with E-state index in [2.05, 4.69) is 15.4 Å². The lowest BCUT2D eigenvalue weighted by atomic mass is 10.0. The van der Waals surface area contributed by atoms with Crippen LogP contribution in [0.2, 0.25) is 0 Å². The number of methoxy groups -OCH3 is 1. The monoisotopic (exact) mass is 260 g/mol. The topological polar surface area (TPSA) is 105 Å². The summed E-state index contributed by atoms with van der Waals surface area (Å²) in [5.74, 6) is -2.13. The molecule has 7 nitrogen and oxygen atoms in total. The number of ether oxygens (including phenoxy) is 1. The Labute approximate surface area is 106 Å². The smallest absolute Gasteiger partial charge is 0.326 e. The van der Waals surface area contributed by atoms with Gasteiger partial charge in [-0.25, -0.2) is 4.79 Å². The van der Waals surface area contributed by atoms with Crippen LogP contribution in [-0.4, -0.2) is 48.7 Å². The molecule has 0 aliphatic heterocycles. The lowest BCUT2D eigenvalue weighted by Crippen LogP contribution is -2.55. The molecule has 0 fully saturated rings. The number of carbonyl (C=O) groups excluding carboxylic acids is 2. The molecule has 0 radical (unpaired) electrons. The van der Waals surface area contributed by atoms with E-state index in [9.17, 15) is 14.4 Å². The molecule has 0 aliphatic carbocycles. The standard InChI is InChI=1S/C11H20N2O5/c1-11(2,12-3)10(17)13-7(9(15)16)5-6-8(14)18-4/h7,12H,5-6H2,1-4H3,(H,13,17)(H,15,16). The first-order valence-electron chi connectivity index (χ1n) is 5.54. The zero-order valence-electron chi connectivity index (χ0n) is 11.1. The maximum Gasteiger partial charge on any atom is 0.326 e. The summed E-state index contributed by atoms with van der Waals surface area (Å²) in [5, 5.41) is 14.1. The number of carbonyl (C=O) groups is 3. The molecule has 0 rings (SSSR count). The van der Waals surface area contributed by atoms with E-state index in [1.165, 1.54) is 7.11 Å². The molecule has 0 saturated heterocycles. The van der Waals surface area contributed by atoms with Gasteiger partial charge in [0.1, 0.15) is 6.04 Å². The summed E-state index contributed by atoms with van der Waals surface area (Å²) in [6, 6.07) is -1.11. The van der Waals surface area contributed by atoms with Gasteiger partial charge in [0.15, 0.2) is 0 Å². The van der Waals surface area contributed by atoms with Gasteiger partial charge in [0, 0.05) is 6.42 Å². The summed E-state index contributed by atoms with van der Waals surface area (Å²) in [7, 11) is 2.82. The molecule has 18 heavy (non-hydrogen) atoms. The van der Waals surface area contributed by atoms with Crippen molar-refractivity contribution >= 4 is 17.8 Å². The fourth-order valence-electron chi connectivity index (χ4n) is 1.07. The van der Waals surface area contributed by atoms with Gasteiger partial charge in [-0.2, -0.15) is 0 Å². The van der Waals surface area contributed by atoms with Gasteiger partial charge >= 0.3 is 11.9 Å². The van der Waals surface area contributed by atoms with Gasteiger partial charge in [-0.3, -0.25) is 9.59 Å². The van der Waals surface area contributed by atoms with Crippen LogP contribution >= 0.6 is 0 Å². The molecule has 1 atom stereocenters. The second-order valence-corrected chi connectivity index (χ2v) is 4.35. The summed E-state index contributed by atoms with van der Waals surface area (Å²) < 4.78 is 4.42. The van der Waals surface area contributed by atoms with Crippen LogP contribution in [0.15, 0.2) is 0 Å². The van der Waals surface area contributed by atoms with Crippen LogP contribution in [0, 0.1) is 0 Å². The molecule has 1 unspecified atom stereocenters. The van der Waals surface area contributed by atoms with Crippen LogP contribution < -0.4 is 10.6 Å². The van der Waals surface area contributed by atoms with Gasteiger partial charge in [-0.1, -0.05) is 0 Å². The molecule has 0 aromatic rings. The molecule has 0 heterocycles. The number of hydrogen-bond acceptors (Lipinski definition) is 5. The zero-order chi connectivity index (χ0) is 14.3. The molecule has 0 aromatic carbocycles. The van der Waals surface area contributed by atoms with E-state index in [0.29, 0.717) is 0 Å². The first-order chi connectivity index (χ1) is 8.24. The van der Waals surface area contributed by atoms with Crippen LogP contribution in [0.5, 0.6) is 0 Å². The summed E-state index contributed by atoms with van der Waals surface area (Å²) in [5.41, 5.74) is -0.876. The number of likely N-dealkylation sites (N-methyl/N-ethyl adjacent to an activating group) is 1. The van der Waals surface area contributed by atoms with E-state index in [1.807, 2.05) is 0 Å². The Hall–Kier alpha value is -1.63. The number of aliphatic carboxylic acids is 1. The van der Waals surface area contributed by atoms with Crippen molar-refractivity contribution in [3.8, 4) is 0 Å². The molecule has 3 N–H and O–H groups in total. The minimum absolute atomic E-state index is 0.00641. The lowest BCUT2D eigenvalue weighted by molar-refractivity contribution is -0.144. The van der Waals surface area contributed by atoms with Crippen molar-refractivity contribution in [3.05, 3.63) is 0 Å². The van der Waals surface area contributed by atoms with Crippen molar-refractivity contribution in [1.29, 1.82) is 0 Å². The summed E-state index contributed by atoms with van der Waals surface area (Å²) in [6.45, 7) is 3.25. The first kappa shape index (κ1) is 16.4. The third-order valence-corrected chi connectivity index (χ3v) is 2.66. The Morgan fingerprint density at radius 1 is 1.33 bits per heavy atom. The number of carboxylic acid groups (broad SMARTS) is 1. The predicted octanol–water partition coefficient (Wildman–Crippen LogP) is -0.493. The van der Waals surface area contributed by atoms with E-state index in [-0.39, 0.29) is 12.8 Å². The highest BCUT2D eigenvalue weighted by molar-refractivity contribution is 5.89. The van der Waals surface area contributed by atoms with Crippen molar-refractivity contribution in [2.45, 2.75) is 38.3 Å². The van der Waals surface area contributed by atoms with Crippen LogP contribution in [0.25, 0.3) is 0 Å². The number of nitrogens with one attached hydrogen (secondary N) is 2. The molecule has 0 aromatic heterocycles. The van der Waals surface area contributed by atoms with Crippen molar-refractivity contribution in [1.82, 2.24) is 10.6 Å². The van der Waals surface area contributed by atoms with Crippen LogP contribution in [0.3, 0.4) is 0 Å². The minimum atomic E-state index is -1.18. The Morgan fingerprint density at radius 3 is 2.28 bits per heavy atom. The SMILES string of the molecule is CNC(C)(C)C(=O)NC(CCC(=O)OC)C(=O)O. The third-order valence-electron chi connectivity index (χ3n) is 2.66. The maximum absolute atomic E-state index is 11.8. The lowest BCUT2D eigenvalue weighted by Gasteiger charge is -2.25. The Morgan fingerprint density at radius 2 is 1.89 bits per heavy atom. The largest absolute Gasteiger partial charge is 0.480 e.